The van der Waals surface area contributed by atoms with Gasteiger partial charge in [0.1, 0.15) is 0 Å². The monoisotopic (exact) mass is 330 g/mol. The summed E-state index contributed by atoms with van der Waals surface area (Å²) in [7, 11) is 0. The highest BCUT2D eigenvalue weighted by molar-refractivity contribution is 7.13. The van der Waals surface area contributed by atoms with Crippen molar-refractivity contribution in [1.29, 1.82) is 0 Å². The average molecular weight is 330 g/mol. The lowest BCUT2D eigenvalue weighted by Gasteiger charge is -2.12. The second-order valence-corrected chi connectivity index (χ2v) is 6.84. The lowest BCUT2D eigenvalue weighted by molar-refractivity contribution is 0.262. The number of thiazole rings is 1. The number of aromatic nitrogens is 1. The lowest BCUT2D eigenvalue weighted by atomic mass is 10.1. The Hall–Kier alpha value is -2.08. The number of anilines is 3. The van der Waals surface area contributed by atoms with Crippen molar-refractivity contribution in [3.05, 3.63) is 35.3 Å². The van der Waals surface area contributed by atoms with E-state index in [9.17, 15) is 4.79 Å². The topological polar surface area (TPSA) is 66.1 Å². The molecule has 2 aromatic rings. The molecular weight excluding hydrogens is 308 g/mol. The van der Waals surface area contributed by atoms with Crippen LogP contribution in [0.5, 0.6) is 0 Å². The first-order valence-electron chi connectivity index (χ1n) is 8.03. The van der Waals surface area contributed by atoms with Gasteiger partial charge in [-0.1, -0.05) is 12.8 Å². The molecule has 6 heteroatoms. The van der Waals surface area contributed by atoms with Crippen LogP contribution in [-0.2, 0) is 0 Å². The zero-order chi connectivity index (χ0) is 16.1. The summed E-state index contributed by atoms with van der Waals surface area (Å²) in [5, 5.41) is 11.5. The first-order valence-corrected chi connectivity index (χ1v) is 8.91. The molecule has 0 unspecified atom stereocenters. The number of hydrogen-bond donors (Lipinski definition) is 3. The van der Waals surface area contributed by atoms with Crippen LogP contribution in [0.15, 0.2) is 29.6 Å². The van der Waals surface area contributed by atoms with Gasteiger partial charge in [0.2, 0.25) is 0 Å². The molecule has 23 heavy (non-hydrogen) atoms. The van der Waals surface area contributed by atoms with Gasteiger partial charge in [0.15, 0.2) is 5.13 Å². The molecule has 5 nitrogen and oxygen atoms in total. The summed E-state index contributed by atoms with van der Waals surface area (Å²) >= 11 is 1.42. The number of carbonyl (C=O) groups is 1. The molecule has 3 N–H and O–H groups in total. The fourth-order valence-electron chi connectivity index (χ4n) is 2.82. The van der Waals surface area contributed by atoms with E-state index < -0.39 is 0 Å². The second-order valence-electron chi connectivity index (χ2n) is 5.98. The Bertz CT molecular complexity index is 647. The largest absolute Gasteiger partial charge is 0.385 e. The first kappa shape index (κ1) is 15.8. The van der Waals surface area contributed by atoms with Crippen LogP contribution < -0.4 is 16.0 Å². The molecule has 0 saturated heterocycles. The maximum Gasteiger partial charge on any atom is 0.325 e. The molecule has 122 valence electrons. The number of benzene rings is 1. The van der Waals surface area contributed by atoms with Crippen LogP contribution in [0.2, 0.25) is 0 Å². The van der Waals surface area contributed by atoms with Gasteiger partial charge in [-0.3, -0.25) is 5.32 Å². The van der Waals surface area contributed by atoms with Crippen molar-refractivity contribution >= 4 is 33.9 Å². The van der Waals surface area contributed by atoms with Gasteiger partial charge in [-0.15, -0.1) is 11.3 Å². The number of rotatable bonds is 5. The van der Waals surface area contributed by atoms with E-state index in [1.807, 2.05) is 36.6 Å². The molecule has 1 aromatic carbocycles. The number of amides is 2. The Balaban J connectivity index is 1.47. The summed E-state index contributed by atoms with van der Waals surface area (Å²) in [5.41, 5.74) is 2.77. The molecule has 1 aromatic heterocycles. The molecule has 1 aliphatic rings. The second kappa shape index (κ2) is 7.46. The van der Waals surface area contributed by atoms with E-state index >= 15 is 0 Å². The van der Waals surface area contributed by atoms with Crippen molar-refractivity contribution in [3.63, 3.8) is 0 Å². The maximum atomic E-state index is 11.9. The highest BCUT2D eigenvalue weighted by Gasteiger charge is 2.14. The molecule has 0 aliphatic heterocycles. The van der Waals surface area contributed by atoms with E-state index in [4.69, 9.17) is 0 Å². The Labute approximate surface area is 140 Å². The molecule has 0 bridgehead atoms. The first-order chi connectivity index (χ1) is 11.2. The standard InChI is InChI=1S/C17H22N4OS/c1-12-11-23-17(19-12)21-16(22)20-15-8-6-14(7-9-15)18-10-13-4-2-3-5-13/h6-9,11,13,18H,2-5,10H2,1H3,(H2,19,20,21,22). The van der Waals surface area contributed by atoms with E-state index in [0.29, 0.717) is 5.13 Å². The minimum atomic E-state index is -0.272. The SMILES string of the molecule is Cc1csc(NC(=O)Nc2ccc(NCC3CCCC3)cc2)n1. The minimum absolute atomic E-state index is 0.272. The average Bonchev–Trinajstić information content (AvgIpc) is 3.18. The minimum Gasteiger partial charge on any atom is -0.385 e. The highest BCUT2D eigenvalue weighted by atomic mass is 32.1. The van der Waals surface area contributed by atoms with Crippen molar-refractivity contribution in [1.82, 2.24) is 4.98 Å². The van der Waals surface area contributed by atoms with Crippen LogP contribution in [0, 0.1) is 12.8 Å². The van der Waals surface area contributed by atoms with Crippen molar-refractivity contribution < 1.29 is 4.79 Å². The van der Waals surface area contributed by atoms with E-state index in [-0.39, 0.29) is 6.03 Å². The van der Waals surface area contributed by atoms with Crippen LogP contribution in [0.25, 0.3) is 0 Å². The molecule has 0 radical (unpaired) electrons. The molecule has 0 spiro atoms. The number of hydrogen-bond acceptors (Lipinski definition) is 4. The Kier molecular flexibility index (Phi) is 5.12. The van der Waals surface area contributed by atoms with E-state index in [0.717, 1.165) is 29.5 Å². The number of aryl methyl sites for hydroxylation is 1. The van der Waals surface area contributed by atoms with Crippen LogP contribution in [0.4, 0.5) is 21.3 Å². The predicted molar refractivity (Wildman–Crippen MR) is 96.4 cm³/mol. The zero-order valence-electron chi connectivity index (χ0n) is 13.3. The van der Waals surface area contributed by atoms with Crippen LogP contribution in [0.1, 0.15) is 31.4 Å². The molecular formula is C17H22N4OS. The third kappa shape index (κ3) is 4.69. The summed E-state index contributed by atoms with van der Waals surface area (Å²) < 4.78 is 0. The Morgan fingerprint density at radius 3 is 2.52 bits per heavy atom. The molecule has 1 heterocycles. The van der Waals surface area contributed by atoms with Crippen molar-refractivity contribution in [2.75, 3.05) is 22.5 Å². The van der Waals surface area contributed by atoms with Gasteiger partial charge >= 0.3 is 6.03 Å². The number of nitrogens with one attached hydrogen (secondary N) is 3. The Morgan fingerprint density at radius 2 is 1.87 bits per heavy atom. The molecule has 3 rings (SSSR count). The third-order valence-corrected chi connectivity index (χ3v) is 4.93. The third-order valence-electron chi connectivity index (χ3n) is 4.05. The summed E-state index contributed by atoms with van der Waals surface area (Å²) in [6.45, 7) is 2.94. The lowest BCUT2D eigenvalue weighted by Crippen LogP contribution is -2.19. The van der Waals surface area contributed by atoms with Crippen LogP contribution in [0.3, 0.4) is 0 Å². The van der Waals surface area contributed by atoms with Crippen molar-refractivity contribution in [3.8, 4) is 0 Å². The molecule has 1 fully saturated rings. The van der Waals surface area contributed by atoms with Crippen LogP contribution >= 0.6 is 11.3 Å². The van der Waals surface area contributed by atoms with Gasteiger partial charge in [0.05, 0.1) is 5.69 Å². The van der Waals surface area contributed by atoms with Gasteiger partial charge in [-0.2, -0.15) is 0 Å². The van der Waals surface area contributed by atoms with E-state index in [1.165, 1.54) is 37.0 Å². The van der Waals surface area contributed by atoms with E-state index in [2.05, 4.69) is 20.9 Å². The normalized spacial score (nSPS) is 14.7. The number of nitrogens with zero attached hydrogens (tertiary/aromatic N) is 1. The van der Waals surface area contributed by atoms with Crippen molar-refractivity contribution in [2.24, 2.45) is 5.92 Å². The summed E-state index contributed by atoms with van der Waals surface area (Å²) in [5.74, 6) is 0.806. The molecule has 0 atom stereocenters. The number of urea groups is 1. The van der Waals surface area contributed by atoms with Gasteiger partial charge in [-0.05, 0) is 49.9 Å². The maximum absolute atomic E-state index is 11.9. The fraction of sp³-hybridized carbons (Fsp3) is 0.412. The van der Waals surface area contributed by atoms with Gasteiger partial charge < -0.3 is 10.6 Å². The summed E-state index contributed by atoms with van der Waals surface area (Å²) in [6.07, 6.45) is 5.40. The van der Waals surface area contributed by atoms with Gasteiger partial charge in [0, 0.05) is 23.3 Å². The Morgan fingerprint density at radius 1 is 1.17 bits per heavy atom. The quantitative estimate of drug-likeness (QED) is 0.744. The zero-order valence-corrected chi connectivity index (χ0v) is 14.1. The van der Waals surface area contributed by atoms with Crippen molar-refractivity contribution in [2.45, 2.75) is 32.6 Å². The smallest absolute Gasteiger partial charge is 0.325 e. The fourth-order valence-corrected chi connectivity index (χ4v) is 3.50. The summed E-state index contributed by atoms with van der Waals surface area (Å²) in [4.78, 5) is 16.1. The summed E-state index contributed by atoms with van der Waals surface area (Å²) in [6, 6.07) is 7.54. The van der Waals surface area contributed by atoms with Gasteiger partial charge in [-0.25, -0.2) is 9.78 Å². The molecule has 1 aliphatic carbocycles. The predicted octanol–water partition coefficient (Wildman–Crippen LogP) is 4.70. The molecule has 1 saturated carbocycles. The number of carbonyl (C=O) groups excluding carboxylic acids is 1. The highest BCUT2D eigenvalue weighted by Crippen LogP contribution is 2.25. The van der Waals surface area contributed by atoms with Crippen LogP contribution in [-0.4, -0.2) is 17.6 Å². The van der Waals surface area contributed by atoms with Gasteiger partial charge in [0.25, 0.3) is 0 Å². The molecule has 2 amide bonds. The van der Waals surface area contributed by atoms with E-state index in [1.54, 1.807) is 0 Å².